The minimum absolute atomic E-state index is 0.0364. The Morgan fingerprint density at radius 2 is 1.92 bits per heavy atom. The van der Waals surface area contributed by atoms with Gasteiger partial charge in [-0.1, -0.05) is 20.8 Å². The van der Waals surface area contributed by atoms with Gasteiger partial charge >= 0.3 is 5.97 Å². The Labute approximate surface area is 156 Å². The third-order valence-corrected chi connectivity index (χ3v) is 5.15. The zero-order valence-corrected chi connectivity index (χ0v) is 16.9. The van der Waals surface area contributed by atoms with E-state index < -0.39 is 5.97 Å². The number of hydrogen-bond acceptors (Lipinski definition) is 4. The van der Waals surface area contributed by atoms with Crippen molar-refractivity contribution in [1.29, 1.82) is 0 Å². The van der Waals surface area contributed by atoms with Crippen LogP contribution in [0.4, 0.5) is 0 Å². The Morgan fingerprint density at radius 3 is 2.46 bits per heavy atom. The first kappa shape index (κ1) is 20.5. The first-order valence-electron chi connectivity index (χ1n) is 9.59. The highest BCUT2D eigenvalue weighted by Gasteiger charge is 2.26. The van der Waals surface area contributed by atoms with Crippen molar-refractivity contribution < 1.29 is 14.3 Å². The van der Waals surface area contributed by atoms with Crippen LogP contribution in [0, 0.1) is 18.8 Å². The number of nitrogens with one attached hydrogen (secondary N) is 2. The number of aryl methyl sites for hydroxylation is 1. The van der Waals surface area contributed by atoms with Crippen LogP contribution >= 0.6 is 0 Å². The molecule has 0 radical (unpaired) electrons. The van der Waals surface area contributed by atoms with Gasteiger partial charge in [-0.2, -0.15) is 0 Å². The zero-order chi connectivity index (χ0) is 19.4. The Kier molecular flexibility index (Phi) is 6.87. The summed E-state index contributed by atoms with van der Waals surface area (Å²) in [5, 5.41) is 3.07. The third kappa shape index (κ3) is 4.67. The van der Waals surface area contributed by atoms with E-state index in [-0.39, 0.29) is 11.9 Å². The number of aromatic amines is 1. The van der Waals surface area contributed by atoms with Crippen molar-refractivity contribution in [2.45, 2.75) is 53.5 Å². The fourth-order valence-corrected chi connectivity index (χ4v) is 4.20. The molecule has 1 saturated heterocycles. The van der Waals surface area contributed by atoms with E-state index in [0.29, 0.717) is 35.1 Å². The molecule has 2 rings (SSSR count). The summed E-state index contributed by atoms with van der Waals surface area (Å²) in [6.07, 6.45) is 1.91. The molecule has 3 atom stereocenters. The predicted molar refractivity (Wildman–Crippen MR) is 103 cm³/mol. The van der Waals surface area contributed by atoms with Crippen molar-refractivity contribution in [3.05, 3.63) is 22.5 Å². The van der Waals surface area contributed by atoms with Crippen LogP contribution in [0.5, 0.6) is 0 Å². The second-order valence-corrected chi connectivity index (χ2v) is 7.86. The van der Waals surface area contributed by atoms with E-state index in [2.05, 4.69) is 29.0 Å². The molecular weight excluding hydrogens is 330 g/mol. The fraction of sp³-hybridized carbons (Fsp3) is 0.700. The number of rotatable bonds is 6. The molecule has 146 valence electrons. The molecule has 26 heavy (non-hydrogen) atoms. The summed E-state index contributed by atoms with van der Waals surface area (Å²) in [7, 11) is 1.36. The highest BCUT2D eigenvalue weighted by Crippen LogP contribution is 2.22. The molecule has 1 aliphatic rings. The number of carbonyl (C=O) groups is 2. The third-order valence-electron chi connectivity index (χ3n) is 5.15. The van der Waals surface area contributed by atoms with Gasteiger partial charge in [0.15, 0.2) is 0 Å². The number of ether oxygens (including phenoxy) is 1. The molecule has 0 aliphatic carbocycles. The Bertz CT molecular complexity index is 643. The average molecular weight is 364 g/mol. The minimum Gasteiger partial charge on any atom is -0.465 e. The van der Waals surface area contributed by atoms with E-state index in [0.717, 1.165) is 25.3 Å². The van der Waals surface area contributed by atoms with Crippen LogP contribution in [-0.2, 0) is 11.2 Å². The molecule has 1 aromatic rings. The molecule has 0 spiro atoms. The van der Waals surface area contributed by atoms with Gasteiger partial charge in [0.25, 0.3) is 5.91 Å². The van der Waals surface area contributed by atoms with Crippen molar-refractivity contribution in [2.75, 3.05) is 26.7 Å². The van der Waals surface area contributed by atoms with E-state index in [1.54, 1.807) is 6.92 Å². The summed E-state index contributed by atoms with van der Waals surface area (Å²) in [5.41, 5.74) is 2.32. The molecule has 2 heterocycles. The van der Waals surface area contributed by atoms with E-state index in [1.165, 1.54) is 13.5 Å². The summed E-state index contributed by atoms with van der Waals surface area (Å²) in [4.78, 5) is 30.3. The second-order valence-electron chi connectivity index (χ2n) is 7.86. The van der Waals surface area contributed by atoms with Crippen LogP contribution in [0.3, 0.4) is 0 Å². The Morgan fingerprint density at radius 1 is 1.31 bits per heavy atom. The van der Waals surface area contributed by atoms with Crippen LogP contribution in [0.1, 0.15) is 66.2 Å². The molecule has 0 aromatic carbocycles. The first-order valence-corrected chi connectivity index (χ1v) is 9.59. The van der Waals surface area contributed by atoms with Gasteiger partial charge in [-0.3, -0.25) is 4.79 Å². The number of aromatic nitrogens is 1. The van der Waals surface area contributed by atoms with Crippen molar-refractivity contribution >= 4 is 11.9 Å². The lowest BCUT2D eigenvalue weighted by molar-refractivity contribution is 0.0599. The fourth-order valence-electron chi connectivity index (χ4n) is 4.20. The quantitative estimate of drug-likeness (QED) is 0.762. The van der Waals surface area contributed by atoms with Gasteiger partial charge in [0, 0.05) is 31.4 Å². The van der Waals surface area contributed by atoms with Crippen molar-refractivity contribution in [2.24, 2.45) is 11.8 Å². The number of methoxy groups -OCH3 is 1. The second kappa shape index (κ2) is 8.71. The van der Waals surface area contributed by atoms with Crippen LogP contribution < -0.4 is 5.32 Å². The molecule has 2 N–H and O–H groups in total. The molecule has 1 aromatic heterocycles. The van der Waals surface area contributed by atoms with Gasteiger partial charge in [0.2, 0.25) is 0 Å². The molecule has 0 unspecified atom stereocenters. The average Bonchev–Trinajstić information content (AvgIpc) is 2.89. The lowest BCUT2D eigenvalue weighted by Crippen LogP contribution is -2.47. The maximum absolute atomic E-state index is 12.7. The molecule has 1 amide bonds. The lowest BCUT2D eigenvalue weighted by Gasteiger charge is -2.36. The normalized spacial score (nSPS) is 22.1. The topological polar surface area (TPSA) is 74.4 Å². The van der Waals surface area contributed by atoms with E-state index in [1.807, 2.05) is 13.8 Å². The van der Waals surface area contributed by atoms with E-state index in [9.17, 15) is 9.59 Å². The summed E-state index contributed by atoms with van der Waals surface area (Å²) in [6.45, 7) is 13.3. The zero-order valence-electron chi connectivity index (χ0n) is 16.9. The van der Waals surface area contributed by atoms with Crippen molar-refractivity contribution in [3.63, 3.8) is 0 Å². The summed E-state index contributed by atoms with van der Waals surface area (Å²) < 4.78 is 4.86. The van der Waals surface area contributed by atoms with Gasteiger partial charge in [-0.05, 0) is 44.1 Å². The SMILES string of the molecule is CCc1[nH]c(C(=O)N[C@H](C)CN2C[C@@H](C)C[C@H](C)C2)c(C)c1C(=O)OC. The highest BCUT2D eigenvalue weighted by molar-refractivity contribution is 6.00. The Hall–Kier alpha value is -1.82. The van der Waals surface area contributed by atoms with Crippen LogP contribution in [0.15, 0.2) is 0 Å². The predicted octanol–water partition coefficient (Wildman–Crippen LogP) is 2.77. The monoisotopic (exact) mass is 363 g/mol. The smallest absolute Gasteiger partial charge is 0.339 e. The molecule has 6 nitrogen and oxygen atoms in total. The van der Waals surface area contributed by atoms with Crippen molar-refractivity contribution in [3.8, 4) is 0 Å². The minimum atomic E-state index is -0.404. The Balaban J connectivity index is 2.05. The lowest BCUT2D eigenvalue weighted by atomic mass is 9.92. The molecule has 0 saturated carbocycles. The largest absolute Gasteiger partial charge is 0.465 e. The van der Waals surface area contributed by atoms with Gasteiger partial charge in [0.05, 0.1) is 12.7 Å². The maximum Gasteiger partial charge on any atom is 0.339 e. The summed E-state index contributed by atoms with van der Waals surface area (Å²) in [5.74, 6) is 0.820. The number of likely N-dealkylation sites (tertiary alicyclic amines) is 1. The van der Waals surface area contributed by atoms with E-state index >= 15 is 0 Å². The summed E-state index contributed by atoms with van der Waals surface area (Å²) in [6, 6.07) is 0.0364. The molecule has 0 bridgehead atoms. The molecule has 1 aliphatic heterocycles. The van der Waals surface area contributed by atoms with Crippen LogP contribution in [0.2, 0.25) is 0 Å². The van der Waals surface area contributed by atoms with Gasteiger partial charge in [0.1, 0.15) is 5.69 Å². The number of carbonyl (C=O) groups excluding carboxylic acids is 2. The number of nitrogens with zero attached hydrogens (tertiary/aromatic N) is 1. The molecule has 6 heteroatoms. The van der Waals surface area contributed by atoms with Gasteiger partial charge in [-0.25, -0.2) is 4.79 Å². The number of hydrogen-bond donors (Lipinski definition) is 2. The maximum atomic E-state index is 12.7. The summed E-state index contributed by atoms with van der Waals surface area (Å²) >= 11 is 0. The number of amides is 1. The van der Waals surface area contributed by atoms with Crippen molar-refractivity contribution in [1.82, 2.24) is 15.2 Å². The molecule has 1 fully saturated rings. The highest BCUT2D eigenvalue weighted by atomic mass is 16.5. The van der Waals surface area contributed by atoms with E-state index in [4.69, 9.17) is 4.74 Å². The first-order chi connectivity index (χ1) is 12.3. The van der Waals surface area contributed by atoms with Gasteiger partial charge < -0.3 is 19.9 Å². The van der Waals surface area contributed by atoms with Crippen LogP contribution in [0.25, 0.3) is 0 Å². The van der Waals surface area contributed by atoms with Gasteiger partial charge in [-0.15, -0.1) is 0 Å². The van der Waals surface area contributed by atoms with Crippen LogP contribution in [-0.4, -0.2) is 54.5 Å². The number of piperidine rings is 1. The number of esters is 1. The number of H-pyrrole nitrogens is 1. The molecular formula is C20H33N3O3. The standard InChI is InChI=1S/C20H33N3O3/c1-7-16-17(20(25)26-6)15(5)18(22-16)19(24)21-14(4)11-23-9-12(2)8-13(3)10-23/h12-14,22H,7-11H2,1-6H3,(H,21,24)/t12-,13-,14+/m0/s1.